The first-order valence-electron chi connectivity index (χ1n) is 7.28. The van der Waals surface area contributed by atoms with Crippen molar-refractivity contribution in [2.24, 2.45) is 5.92 Å². The monoisotopic (exact) mass is 324 g/mol. The van der Waals surface area contributed by atoms with E-state index in [9.17, 15) is 5.11 Å². The van der Waals surface area contributed by atoms with Crippen LogP contribution in [0.2, 0.25) is 0 Å². The zero-order valence-electron chi connectivity index (χ0n) is 11.4. The average Bonchev–Trinajstić information content (AvgIpc) is 2.38. The molecule has 0 saturated heterocycles. The molecule has 0 amide bonds. The van der Waals surface area contributed by atoms with Crippen LogP contribution in [0.15, 0.2) is 22.7 Å². The maximum atomic E-state index is 10.4. The van der Waals surface area contributed by atoms with Crippen molar-refractivity contribution >= 4 is 15.9 Å². The van der Waals surface area contributed by atoms with Gasteiger partial charge in [0.2, 0.25) is 0 Å². The molecule has 0 aromatic heterocycles. The second kappa shape index (κ2) is 5.10. The third kappa shape index (κ3) is 2.55. The minimum Gasteiger partial charge on any atom is -0.487 e. The Morgan fingerprint density at radius 1 is 1.42 bits per heavy atom. The third-order valence-electron chi connectivity index (χ3n) is 4.71. The van der Waals surface area contributed by atoms with Crippen molar-refractivity contribution in [3.8, 4) is 5.75 Å². The summed E-state index contributed by atoms with van der Waals surface area (Å²) in [7, 11) is 0. The van der Waals surface area contributed by atoms with Gasteiger partial charge < -0.3 is 9.84 Å². The van der Waals surface area contributed by atoms with Gasteiger partial charge >= 0.3 is 0 Å². The first-order valence-corrected chi connectivity index (χ1v) is 8.08. The highest BCUT2D eigenvalue weighted by Gasteiger charge is 2.43. The molecular formula is C16H21BrO2. The van der Waals surface area contributed by atoms with E-state index in [2.05, 4.69) is 22.9 Å². The normalized spacial score (nSPS) is 33.8. The Labute approximate surface area is 123 Å². The summed E-state index contributed by atoms with van der Waals surface area (Å²) in [6.07, 6.45) is 6.27. The van der Waals surface area contributed by atoms with Crippen LogP contribution < -0.4 is 4.74 Å². The Morgan fingerprint density at radius 3 is 3.05 bits per heavy atom. The van der Waals surface area contributed by atoms with Crippen LogP contribution >= 0.6 is 15.9 Å². The maximum absolute atomic E-state index is 10.4. The van der Waals surface area contributed by atoms with E-state index in [0.717, 1.165) is 41.0 Å². The van der Waals surface area contributed by atoms with Gasteiger partial charge in [-0.05, 0) is 37.3 Å². The lowest BCUT2D eigenvalue weighted by atomic mass is 9.72. The highest BCUT2D eigenvalue weighted by atomic mass is 79.9. The summed E-state index contributed by atoms with van der Waals surface area (Å²) in [5, 5.41) is 10.4. The van der Waals surface area contributed by atoms with E-state index < -0.39 is 0 Å². The van der Waals surface area contributed by atoms with Gasteiger partial charge in [-0.1, -0.05) is 41.8 Å². The van der Waals surface area contributed by atoms with E-state index >= 15 is 0 Å². The van der Waals surface area contributed by atoms with E-state index in [1.54, 1.807) is 0 Å². The fourth-order valence-corrected chi connectivity index (χ4v) is 4.02. The van der Waals surface area contributed by atoms with Crippen molar-refractivity contribution in [2.45, 2.75) is 57.2 Å². The summed E-state index contributed by atoms with van der Waals surface area (Å²) in [4.78, 5) is 0. The van der Waals surface area contributed by atoms with Crippen LogP contribution in [0.4, 0.5) is 0 Å². The van der Waals surface area contributed by atoms with Crippen molar-refractivity contribution in [1.29, 1.82) is 0 Å². The molecule has 1 aliphatic heterocycles. The summed E-state index contributed by atoms with van der Waals surface area (Å²) < 4.78 is 7.37. The first-order chi connectivity index (χ1) is 9.12. The van der Waals surface area contributed by atoms with E-state index in [4.69, 9.17) is 4.74 Å². The molecule has 1 spiro atoms. The lowest BCUT2D eigenvalue weighted by molar-refractivity contribution is -0.0521. The van der Waals surface area contributed by atoms with Crippen LogP contribution in [0.5, 0.6) is 5.75 Å². The largest absolute Gasteiger partial charge is 0.487 e. The summed E-state index contributed by atoms with van der Waals surface area (Å²) in [6.45, 7) is 2.26. The fraction of sp³-hybridized carbons (Fsp3) is 0.625. The average molecular weight is 325 g/mol. The fourth-order valence-electron chi connectivity index (χ4n) is 3.68. The molecule has 3 rings (SSSR count). The van der Waals surface area contributed by atoms with E-state index in [0.29, 0.717) is 0 Å². The third-order valence-corrected chi connectivity index (χ3v) is 5.20. The number of hydrogen-bond donors (Lipinski definition) is 1. The molecule has 2 aliphatic rings. The Balaban J connectivity index is 1.90. The molecule has 1 heterocycles. The predicted molar refractivity (Wildman–Crippen MR) is 79.3 cm³/mol. The maximum Gasteiger partial charge on any atom is 0.127 e. The van der Waals surface area contributed by atoms with Crippen LogP contribution in [-0.2, 0) is 0 Å². The van der Waals surface area contributed by atoms with Gasteiger partial charge in [0.15, 0.2) is 0 Å². The predicted octanol–water partition coefficient (Wildman–Crippen LogP) is 4.60. The van der Waals surface area contributed by atoms with Gasteiger partial charge in [-0.25, -0.2) is 0 Å². The highest BCUT2D eigenvalue weighted by Crippen LogP contribution is 2.48. The summed E-state index contributed by atoms with van der Waals surface area (Å²) in [5.41, 5.74) is 0.805. The van der Waals surface area contributed by atoms with Crippen LogP contribution in [0, 0.1) is 5.92 Å². The summed E-state index contributed by atoms with van der Waals surface area (Å²) in [6, 6.07) is 5.94. The minimum absolute atomic E-state index is 0.133. The molecule has 1 aromatic rings. The van der Waals surface area contributed by atoms with Gasteiger partial charge in [-0.3, -0.25) is 0 Å². The lowest BCUT2D eigenvalue weighted by Gasteiger charge is -2.45. The first kappa shape index (κ1) is 13.4. The zero-order chi connectivity index (χ0) is 13.5. The molecular weight excluding hydrogens is 304 g/mol. The molecule has 1 aromatic carbocycles. The van der Waals surface area contributed by atoms with Gasteiger partial charge in [0.1, 0.15) is 11.4 Å². The van der Waals surface area contributed by atoms with Crippen molar-refractivity contribution in [1.82, 2.24) is 0 Å². The second-order valence-electron chi connectivity index (χ2n) is 6.06. The molecule has 0 bridgehead atoms. The number of halogens is 1. The van der Waals surface area contributed by atoms with Gasteiger partial charge in [-0.15, -0.1) is 0 Å². The number of fused-ring (bicyclic) bond motifs is 1. The van der Waals surface area contributed by atoms with E-state index in [-0.39, 0.29) is 11.7 Å². The number of hydrogen-bond acceptors (Lipinski definition) is 2. The standard InChI is InChI=1S/C16H21BrO2/c1-2-11-4-3-7-16(9-11)10-14(18)13-6-5-12(17)8-15(13)19-16/h5-6,8,11,14,18H,2-4,7,9-10H2,1H3/t11?,14-,16?/m1/s1. The summed E-state index contributed by atoms with van der Waals surface area (Å²) >= 11 is 3.49. The van der Waals surface area contributed by atoms with Crippen molar-refractivity contribution < 1.29 is 9.84 Å². The lowest BCUT2D eigenvalue weighted by Crippen LogP contribution is -2.45. The van der Waals surface area contributed by atoms with Crippen molar-refractivity contribution in [2.75, 3.05) is 0 Å². The van der Waals surface area contributed by atoms with Crippen LogP contribution in [0.1, 0.15) is 57.1 Å². The number of rotatable bonds is 1. The van der Waals surface area contributed by atoms with Crippen molar-refractivity contribution in [3.05, 3.63) is 28.2 Å². The van der Waals surface area contributed by atoms with Gasteiger partial charge in [-0.2, -0.15) is 0 Å². The van der Waals surface area contributed by atoms with Gasteiger partial charge in [0, 0.05) is 16.5 Å². The quantitative estimate of drug-likeness (QED) is 0.817. The van der Waals surface area contributed by atoms with Crippen LogP contribution in [0.3, 0.4) is 0 Å². The second-order valence-corrected chi connectivity index (χ2v) is 6.97. The number of ether oxygens (including phenoxy) is 1. The number of aliphatic hydroxyl groups excluding tert-OH is 1. The molecule has 0 radical (unpaired) electrons. The van der Waals surface area contributed by atoms with Gasteiger partial charge in [0.25, 0.3) is 0 Å². The molecule has 1 N–H and O–H groups in total. The highest BCUT2D eigenvalue weighted by molar-refractivity contribution is 9.10. The summed E-state index contributed by atoms with van der Waals surface area (Å²) in [5.74, 6) is 1.61. The van der Waals surface area contributed by atoms with Gasteiger partial charge in [0.05, 0.1) is 6.10 Å². The minimum atomic E-state index is -0.382. The smallest absolute Gasteiger partial charge is 0.127 e. The van der Waals surface area contributed by atoms with Crippen LogP contribution in [-0.4, -0.2) is 10.7 Å². The van der Waals surface area contributed by atoms with Crippen LogP contribution in [0.25, 0.3) is 0 Å². The molecule has 1 fully saturated rings. The molecule has 2 unspecified atom stereocenters. The molecule has 104 valence electrons. The van der Waals surface area contributed by atoms with E-state index in [1.165, 1.54) is 19.3 Å². The molecule has 19 heavy (non-hydrogen) atoms. The zero-order valence-corrected chi connectivity index (χ0v) is 12.9. The Morgan fingerprint density at radius 2 is 2.26 bits per heavy atom. The number of aliphatic hydroxyl groups is 1. The molecule has 1 aliphatic carbocycles. The number of benzene rings is 1. The topological polar surface area (TPSA) is 29.5 Å². The Kier molecular flexibility index (Phi) is 3.61. The van der Waals surface area contributed by atoms with Crippen molar-refractivity contribution in [3.63, 3.8) is 0 Å². The Bertz CT molecular complexity index is 474. The molecule has 3 atom stereocenters. The molecule has 2 nitrogen and oxygen atoms in total. The Hall–Kier alpha value is -0.540. The van der Waals surface area contributed by atoms with E-state index in [1.807, 2.05) is 18.2 Å². The molecule has 1 saturated carbocycles. The SMILES string of the molecule is CCC1CCCC2(C1)C[C@@H](O)c1ccc(Br)cc1O2. The molecule has 3 heteroatoms.